The fraction of sp³-hybridized carbons (Fsp3) is 0.432. The van der Waals surface area contributed by atoms with Crippen molar-refractivity contribution in [1.82, 2.24) is 19.4 Å². The lowest BCUT2D eigenvalue weighted by Gasteiger charge is -2.35. The summed E-state index contributed by atoms with van der Waals surface area (Å²) in [6, 6.07) is 23.5. The van der Waals surface area contributed by atoms with Gasteiger partial charge in [-0.3, -0.25) is 9.59 Å². The molecular formula is C44H52N4O8. The summed E-state index contributed by atoms with van der Waals surface area (Å²) in [4.78, 5) is 37.8. The van der Waals surface area contributed by atoms with Crippen LogP contribution in [0.4, 0.5) is 0 Å². The first-order chi connectivity index (χ1) is 27.3. The molecule has 0 radical (unpaired) electrons. The molecule has 1 amide bonds. The fourth-order valence-electron chi connectivity index (χ4n) is 8.30. The lowest BCUT2D eigenvalue weighted by atomic mass is 9.77. The maximum absolute atomic E-state index is 14.6. The van der Waals surface area contributed by atoms with Crippen LogP contribution in [0.3, 0.4) is 0 Å². The van der Waals surface area contributed by atoms with Gasteiger partial charge in [0.05, 0.1) is 57.8 Å². The number of piperidine rings is 1. The van der Waals surface area contributed by atoms with E-state index in [1.165, 1.54) is 0 Å². The number of ether oxygens (including phenoxy) is 5. The highest BCUT2D eigenvalue weighted by atomic mass is 16.5. The minimum Gasteiger partial charge on any atom is -0.497 e. The number of nitrogens with zero attached hydrogens (tertiary/aromatic N) is 4. The van der Waals surface area contributed by atoms with Gasteiger partial charge in [-0.25, -0.2) is 4.98 Å². The SMILES string of the molecule is COc1ccc(CC2(CCN3CCC(C(=O)c4nc5ccccc5n4CCOCc4ccco4)CC3)CCN(Cc3cc(OC)c(OC)c(OC)c3)C2=O)cc1. The molecule has 296 valence electrons. The quantitative estimate of drug-likeness (QED) is 0.0695. The summed E-state index contributed by atoms with van der Waals surface area (Å²) in [5, 5.41) is 0. The van der Waals surface area contributed by atoms with Gasteiger partial charge in [-0.1, -0.05) is 24.3 Å². The zero-order chi connectivity index (χ0) is 39.1. The van der Waals surface area contributed by atoms with E-state index >= 15 is 0 Å². The Hall–Kier alpha value is -5.33. The van der Waals surface area contributed by atoms with Crippen LogP contribution in [0.1, 0.15) is 53.2 Å². The number of amides is 1. The first-order valence-corrected chi connectivity index (χ1v) is 19.4. The Bertz CT molecular complexity index is 2060. The molecule has 2 aromatic heterocycles. The van der Waals surface area contributed by atoms with Gasteiger partial charge in [-0.15, -0.1) is 0 Å². The first-order valence-electron chi connectivity index (χ1n) is 19.4. The zero-order valence-corrected chi connectivity index (χ0v) is 32.8. The Morgan fingerprint density at radius 2 is 1.61 bits per heavy atom. The van der Waals surface area contributed by atoms with Gasteiger partial charge in [0.25, 0.3) is 0 Å². The molecule has 2 saturated heterocycles. The molecule has 1 atom stereocenters. The van der Waals surface area contributed by atoms with Crippen molar-refractivity contribution in [2.75, 3.05) is 61.2 Å². The number of para-hydroxylation sites is 2. The molecule has 0 saturated carbocycles. The van der Waals surface area contributed by atoms with Crippen LogP contribution in [0.5, 0.6) is 23.0 Å². The van der Waals surface area contributed by atoms with Crippen molar-refractivity contribution in [2.45, 2.75) is 51.8 Å². The van der Waals surface area contributed by atoms with Gasteiger partial charge in [-0.05, 0) is 111 Å². The van der Waals surface area contributed by atoms with Crippen LogP contribution >= 0.6 is 0 Å². The number of ketones is 1. The molecule has 3 aromatic carbocycles. The number of methoxy groups -OCH3 is 4. The highest BCUT2D eigenvalue weighted by molar-refractivity contribution is 5.98. The second-order valence-corrected chi connectivity index (χ2v) is 14.8. The molecule has 0 N–H and O–H groups in total. The van der Waals surface area contributed by atoms with Crippen molar-refractivity contribution in [3.63, 3.8) is 0 Å². The Balaban J connectivity index is 1.01. The molecule has 0 bridgehead atoms. The molecule has 1 unspecified atom stereocenters. The second kappa shape index (κ2) is 17.6. The van der Waals surface area contributed by atoms with E-state index in [1.54, 1.807) is 34.7 Å². The lowest BCUT2D eigenvalue weighted by molar-refractivity contribution is -0.137. The average molecular weight is 765 g/mol. The number of Topliss-reactive ketones (excluding diaryl/α,β-unsaturated/α-hetero) is 1. The maximum atomic E-state index is 14.6. The van der Waals surface area contributed by atoms with Crippen molar-refractivity contribution in [2.24, 2.45) is 11.3 Å². The van der Waals surface area contributed by atoms with E-state index in [0.717, 1.165) is 79.0 Å². The predicted octanol–water partition coefficient (Wildman–Crippen LogP) is 6.83. The molecule has 2 aliphatic rings. The molecule has 2 aliphatic heterocycles. The molecule has 12 heteroatoms. The van der Waals surface area contributed by atoms with Gasteiger partial charge < -0.3 is 42.5 Å². The number of benzene rings is 3. The smallest absolute Gasteiger partial charge is 0.229 e. The van der Waals surface area contributed by atoms with Crippen LogP contribution < -0.4 is 18.9 Å². The number of likely N-dealkylation sites (tertiary alicyclic amines) is 2. The van der Waals surface area contributed by atoms with Gasteiger partial charge in [0, 0.05) is 25.6 Å². The number of carbonyl (C=O) groups is 2. The second-order valence-electron chi connectivity index (χ2n) is 14.8. The minimum atomic E-state index is -0.564. The Morgan fingerprint density at radius 1 is 0.857 bits per heavy atom. The van der Waals surface area contributed by atoms with E-state index in [2.05, 4.69) is 17.0 Å². The topological polar surface area (TPSA) is 118 Å². The van der Waals surface area contributed by atoms with Crippen molar-refractivity contribution >= 4 is 22.7 Å². The van der Waals surface area contributed by atoms with Gasteiger partial charge in [0.2, 0.25) is 17.4 Å². The number of imidazole rings is 1. The lowest BCUT2D eigenvalue weighted by Crippen LogP contribution is -2.42. The Labute approximate surface area is 328 Å². The summed E-state index contributed by atoms with van der Waals surface area (Å²) in [6.07, 6.45) is 5.22. The van der Waals surface area contributed by atoms with Crippen LogP contribution in [0.2, 0.25) is 0 Å². The molecule has 2 fully saturated rings. The normalized spacial score (nSPS) is 17.8. The van der Waals surface area contributed by atoms with Crippen LogP contribution in [0.15, 0.2) is 83.5 Å². The van der Waals surface area contributed by atoms with Crippen LogP contribution in [-0.2, 0) is 35.6 Å². The number of rotatable bonds is 18. The third-order valence-electron chi connectivity index (χ3n) is 11.4. The summed E-state index contributed by atoms with van der Waals surface area (Å²) in [7, 11) is 6.43. The number of furan rings is 1. The van der Waals surface area contributed by atoms with Gasteiger partial charge >= 0.3 is 0 Å². The van der Waals surface area contributed by atoms with Crippen LogP contribution in [0, 0.1) is 11.3 Å². The number of carbonyl (C=O) groups excluding carboxylic acids is 2. The van der Waals surface area contributed by atoms with E-state index in [1.807, 2.05) is 70.1 Å². The van der Waals surface area contributed by atoms with Crippen molar-refractivity contribution in [1.29, 1.82) is 0 Å². The average Bonchev–Trinajstić information content (AvgIpc) is 3.97. The number of aromatic nitrogens is 2. The number of fused-ring (bicyclic) bond motifs is 1. The summed E-state index contributed by atoms with van der Waals surface area (Å²) < 4.78 is 35.4. The highest BCUT2D eigenvalue weighted by Gasteiger charge is 2.46. The maximum Gasteiger partial charge on any atom is 0.229 e. The standard InChI is InChI=1S/C44H52N4O8/c1-51-34-13-11-31(12-14-34)28-44(18-22-47(43(44)50)29-32-26-38(52-2)41(54-4)39(27-32)53-3)17-21-46-19-15-33(16-20-46)40(49)42-45-36-9-5-6-10-37(36)48(42)23-25-55-30-35-8-7-24-56-35/h5-14,24,26-27,33H,15-23,25,28-30H2,1-4H3. The van der Waals surface area contributed by atoms with E-state index in [4.69, 9.17) is 33.1 Å². The molecular weight excluding hydrogens is 713 g/mol. The molecule has 12 nitrogen and oxygen atoms in total. The van der Waals surface area contributed by atoms with Crippen LogP contribution in [0.25, 0.3) is 11.0 Å². The zero-order valence-electron chi connectivity index (χ0n) is 32.8. The fourth-order valence-corrected chi connectivity index (χ4v) is 8.30. The summed E-state index contributed by atoms with van der Waals surface area (Å²) in [6.45, 7) is 4.74. The summed E-state index contributed by atoms with van der Waals surface area (Å²) in [5.41, 5.74) is 3.19. The van der Waals surface area contributed by atoms with Crippen molar-refractivity contribution in [3.05, 3.63) is 102 Å². The van der Waals surface area contributed by atoms with E-state index in [-0.39, 0.29) is 17.6 Å². The molecule has 0 spiro atoms. The van der Waals surface area contributed by atoms with Gasteiger partial charge in [0.1, 0.15) is 18.1 Å². The van der Waals surface area contributed by atoms with Crippen molar-refractivity contribution < 1.29 is 37.7 Å². The number of hydrogen-bond acceptors (Lipinski definition) is 10. The summed E-state index contributed by atoms with van der Waals surface area (Å²) >= 11 is 0. The molecule has 4 heterocycles. The van der Waals surface area contributed by atoms with Gasteiger partial charge in [-0.2, -0.15) is 0 Å². The first kappa shape index (κ1) is 38.9. The van der Waals surface area contributed by atoms with Crippen molar-refractivity contribution in [3.8, 4) is 23.0 Å². The predicted molar refractivity (Wildman–Crippen MR) is 211 cm³/mol. The van der Waals surface area contributed by atoms with Crippen LogP contribution in [-0.4, -0.2) is 92.3 Å². The number of hydrogen-bond donors (Lipinski definition) is 0. The largest absolute Gasteiger partial charge is 0.497 e. The molecule has 5 aromatic rings. The monoisotopic (exact) mass is 764 g/mol. The van der Waals surface area contributed by atoms with Gasteiger partial charge in [0.15, 0.2) is 17.3 Å². The minimum absolute atomic E-state index is 0.0799. The molecule has 7 rings (SSSR count). The van der Waals surface area contributed by atoms with E-state index < -0.39 is 5.41 Å². The van der Waals surface area contributed by atoms with E-state index in [9.17, 15) is 9.59 Å². The highest BCUT2D eigenvalue weighted by Crippen LogP contribution is 2.42. The third-order valence-corrected chi connectivity index (χ3v) is 11.4. The molecule has 56 heavy (non-hydrogen) atoms. The van der Waals surface area contributed by atoms with E-state index in [0.29, 0.717) is 62.3 Å². The third kappa shape index (κ3) is 8.41. The summed E-state index contributed by atoms with van der Waals surface area (Å²) in [5.74, 6) is 3.80. The Kier molecular flexibility index (Phi) is 12.3. The Morgan fingerprint density at radius 3 is 2.29 bits per heavy atom. The molecule has 0 aliphatic carbocycles.